The minimum Gasteiger partial charge on any atom is -0.463 e. The fourth-order valence-electron chi connectivity index (χ4n) is 0.986. The number of nitrogens with zero attached hydrogens (tertiary/aromatic N) is 2. The summed E-state index contributed by atoms with van der Waals surface area (Å²) in [7, 11) is 0. The maximum Gasteiger partial charge on any atom is 0.347 e. The molecule has 15 heavy (non-hydrogen) atoms. The summed E-state index contributed by atoms with van der Waals surface area (Å²) in [6.45, 7) is 5.47. The molecule has 1 rings (SSSR count). The molecule has 0 aliphatic rings. The van der Waals surface area contributed by atoms with E-state index in [1.165, 1.54) is 6.20 Å². The molecule has 5 nitrogen and oxygen atoms in total. The van der Waals surface area contributed by atoms with E-state index in [4.69, 9.17) is 9.47 Å². The van der Waals surface area contributed by atoms with Gasteiger partial charge in [-0.25, -0.2) is 9.78 Å². The van der Waals surface area contributed by atoms with Crippen molar-refractivity contribution >= 4 is 5.97 Å². The molecule has 0 radical (unpaired) electrons. The Morgan fingerprint density at radius 3 is 2.73 bits per heavy atom. The van der Waals surface area contributed by atoms with Gasteiger partial charge in [0.2, 0.25) is 5.88 Å². The van der Waals surface area contributed by atoms with E-state index in [-0.39, 0.29) is 0 Å². The second-order valence-corrected chi connectivity index (χ2v) is 2.96. The molecule has 0 aliphatic heterocycles. The third-order valence-corrected chi connectivity index (χ3v) is 1.74. The Morgan fingerprint density at radius 1 is 1.47 bits per heavy atom. The Kier molecular flexibility index (Phi) is 4.03. The summed E-state index contributed by atoms with van der Waals surface area (Å²) in [5.41, 5.74) is 0.647. The van der Waals surface area contributed by atoms with E-state index in [0.717, 1.165) is 0 Å². The number of rotatable bonds is 4. The summed E-state index contributed by atoms with van der Waals surface area (Å²) in [5.74, 6) is -0.0411. The first-order valence-corrected chi connectivity index (χ1v) is 4.76. The van der Waals surface area contributed by atoms with Gasteiger partial charge in [-0.05, 0) is 20.8 Å². The lowest BCUT2D eigenvalue weighted by Gasteiger charge is -2.13. The minimum absolute atomic E-state index is 0.339. The van der Waals surface area contributed by atoms with Gasteiger partial charge in [-0.2, -0.15) is 0 Å². The maximum absolute atomic E-state index is 11.3. The number of aryl methyl sites for hydroxylation is 1. The van der Waals surface area contributed by atoms with E-state index in [1.807, 2.05) is 0 Å². The van der Waals surface area contributed by atoms with Gasteiger partial charge in [0.1, 0.15) is 0 Å². The van der Waals surface area contributed by atoms with Crippen LogP contribution in [0.15, 0.2) is 12.4 Å². The first-order chi connectivity index (χ1) is 7.15. The third kappa shape index (κ3) is 3.19. The molecule has 0 bridgehead atoms. The van der Waals surface area contributed by atoms with Crippen molar-refractivity contribution in [2.45, 2.75) is 26.9 Å². The minimum atomic E-state index is -0.666. The second-order valence-electron chi connectivity index (χ2n) is 2.96. The first-order valence-electron chi connectivity index (χ1n) is 4.76. The lowest BCUT2D eigenvalue weighted by molar-refractivity contribution is -0.150. The monoisotopic (exact) mass is 210 g/mol. The summed E-state index contributed by atoms with van der Waals surface area (Å²) in [6, 6.07) is 0. The molecule has 0 N–H and O–H groups in total. The highest BCUT2D eigenvalue weighted by molar-refractivity contribution is 5.74. The fourth-order valence-corrected chi connectivity index (χ4v) is 0.986. The molecule has 1 unspecified atom stereocenters. The van der Waals surface area contributed by atoms with Gasteiger partial charge in [-0.1, -0.05) is 0 Å². The van der Waals surface area contributed by atoms with Gasteiger partial charge >= 0.3 is 5.97 Å². The molecule has 82 valence electrons. The zero-order valence-electron chi connectivity index (χ0n) is 9.06. The lowest BCUT2D eigenvalue weighted by atomic mass is 10.4. The van der Waals surface area contributed by atoms with Crippen LogP contribution in [0.1, 0.15) is 19.5 Å². The van der Waals surface area contributed by atoms with Crippen molar-refractivity contribution in [1.29, 1.82) is 0 Å². The average molecular weight is 210 g/mol. The number of carbonyl (C=O) groups is 1. The molecule has 0 spiro atoms. The van der Waals surface area contributed by atoms with Crippen LogP contribution in [-0.2, 0) is 9.53 Å². The molecule has 1 heterocycles. The second kappa shape index (κ2) is 5.29. The van der Waals surface area contributed by atoms with Gasteiger partial charge in [-0.15, -0.1) is 0 Å². The quantitative estimate of drug-likeness (QED) is 0.697. The number of carbonyl (C=O) groups excluding carboxylic acids is 1. The summed E-state index contributed by atoms with van der Waals surface area (Å²) >= 11 is 0. The van der Waals surface area contributed by atoms with Crippen LogP contribution in [0.25, 0.3) is 0 Å². The zero-order chi connectivity index (χ0) is 11.3. The van der Waals surface area contributed by atoms with Crippen molar-refractivity contribution in [2.24, 2.45) is 0 Å². The van der Waals surface area contributed by atoms with Crippen molar-refractivity contribution < 1.29 is 14.3 Å². The van der Waals surface area contributed by atoms with Crippen LogP contribution in [0.3, 0.4) is 0 Å². The van der Waals surface area contributed by atoms with Crippen LogP contribution in [-0.4, -0.2) is 28.6 Å². The standard InChI is InChI=1S/C10H14N2O3/c1-4-14-10(13)8(3)15-9-7(2)11-5-6-12-9/h5-6,8H,4H2,1-3H3. The van der Waals surface area contributed by atoms with Crippen LogP contribution in [0.2, 0.25) is 0 Å². The third-order valence-electron chi connectivity index (χ3n) is 1.74. The van der Waals surface area contributed by atoms with Crippen molar-refractivity contribution in [1.82, 2.24) is 9.97 Å². The number of ether oxygens (including phenoxy) is 2. The Balaban J connectivity index is 2.62. The van der Waals surface area contributed by atoms with E-state index in [1.54, 1.807) is 27.0 Å². The van der Waals surface area contributed by atoms with Gasteiger partial charge in [0.05, 0.1) is 12.3 Å². The van der Waals surface area contributed by atoms with Crippen molar-refractivity contribution in [3.05, 3.63) is 18.1 Å². The Labute approximate surface area is 88.4 Å². The van der Waals surface area contributed by atoms with Gasteiger partial charge in [0.25, 0.3) is 0 Å². The maximum atomic E-state index is 11.3. The summed E-state index contributed by atoms with van der Waals surface area (Å²) in [6.07, 6.45) is 2.41. The Bertz CT molecular complexity index is 341. The van der Waals surface area contributed by atoms with Crippen molar-refractivity contribution in [2.75, 3.05) is 6.61 Å². The smallest absolute Gasteiger partial charge is 0.347 e. The van der Waals surface area contributed by atoms with E-state index < -0.39 is 12.1 Å². The Morgan fingerprint density at radius 2 is 2.13 bits per heavy atom. The number of esters is 1. The van der Waals surface area contributed by atoms with Crippen molar-refractivity contribution in [3.63, 3.8) is 0 Å². The number of aromatic nitrogens is 2. The first kappa shape index (κ1) is 11.4. The van der Waals surface area contributed by atoms with Crippen LogP contribution in [0, 0.1) is 6.92 Å². The lowest BCUT2D eigenvalue weighted by Crippen LogP contribution is -2.26. The van der Waals surface area contributed by atoms with Crippen molar-refractivity contribution in [3.8, 4) is 5.88 Å². The van der Waals surface area contributed by atoms with Gasteiger partial charge < -0.3 is 9.47 Å². The van der Waals surface area contributed by atoms with Crippen LogP contribution in [0.5, 0.6) is 5.88 Å². The molecule has 1 aromatic rings. The van der Waals surface area contributed by atoms with E-state index in [9.17, 15) is 4.79 Å². The molecule has 1 atom stereocenters. The highest BCUT2D eigenvalue weighted by Gasteiger charge is 2.17. The molecule has 0 saturated heterocycles. The fraction of sp³-hybridized carbons (Fsp3) is 0.500. The summed E-state index contributed by atoms with van der Waals surface area (Å²) in [4.78, 5) is 19.2. The van der Waals surface area contributed by atoms with Crippen LogP contribution >= 0.6 is 0 Å². The van der Waals surface area contributed by atoms with Gasteiger partial charge in [-0.3, -0.25) is 4.98 Å². The SMILES string of the molecule is CCOC(=O)C(C)Oc1nccnc1C. The molecule has 0 aromatic carbocycles. The van der Waals surface area contributed by atoms with E-state index in [0.29, 0.717) is 18.2 Å². The topological polar surface area (TPSA) is 61.3 Å². The van der Waals surface area contributed by atoms with E-state index in [2.05, 4.69) is 9.97 Å². The summed E-state index contributed by atoms with van der Waals surface area (Å²) in [5, 5.41) is 0. The normalized spacial score (nSPS) is 11.9. The molecular weight excluding hydrogens is 196 g/mol. The van der Waals surface area contributed by atoms with E-state index >= 15 is 0 Å². The van der Waals surface area contributed by atoms with Crippen LogP contribution < -0.4 is 4.74 Å². The summed E-state index contributed by atoms with van der Waals surface area (Å²) < 4.78 is 10.1. The molecule has 1 aromatic heterocycles. The molecule has 0 fully saturated rings. The number of hydrogen-bond donors (Lipinski definition) is 0. The molecule has 5 heteroatoms. The molecule has 0 aliphatic carbocycles. The predicted octanol–water partition coefficient (Wildman–Crippen LogP) is 1.12. The Hall–Kier alpha value is -1.65. The zero-order valence-corrected chi connectivity index (χ0v) is 9.06. The molecule has 0 amide bonds. The highest BCUT2D eigenvalue weighted by atomic mass is 16.6. The molecule has 0 saturated carbocycles. The van der Waals surface area contributed by atoms with Gasteiger partial charge in [0.15, 0.2) is 6.10 Å². The molecular formula is C10H14N2O3. The van der Waals surface area contributed by atoms with Gasteiger partial charge in [0, 0.05) is 12.4 Å². The average Bonchev–Trinajstić information content (AvgIpc) is 2.21. The van der Waals surface area contributed by atoms with Crippen LogP contribution in [0.4, 0.5) is 0 Å². The highest BCUT2D eigenvalue weighted by Crippen LogP contribution is 2.11. The predicted molar refractivity (Wildman–Crippen MR) is 53.5 cm³/mol. The largest absolute Gasteiger partial charge is 0.463 e. The number of hydrogen-bond acceptors (Lipinski definition) is 5.